The van der Waals surface area contributed by atoms with Crippen LogP contribution in [0.4, 0.5) is 11.6 Å². The lowest BCUT2D eigenvalue weighted by Crippen LogP contribution is -2.40. The number of carbonyl (C=O) groups is 1. The minimum Gasteiger partial charge on any atom is -0.328 e. The average Bonchev–Trinajstić information content (AvgIpc) is 3.02. The summed E-state index contributed by atoms with van der Waals surface area (Å²) in [6.45, 7) is 6.10. The lowest BCUT2D eigenvalue weighted by Gasteiger charge is -2.38. The standard InChI is InChI=1S/C19H21N5O3S/c1-11-16-14(8-19(2,3)9-15(16)25)20-17-21-18(22-23(11)17)28-10-12-5-4-6-13(7-12)24(26)27/h4-8,11,16H,9-10H2,1-3H3,(H,20,21,22)/t11-,16-/m1/s1. The van der Waals surface area contributed by atoms with Gasteiger partial charge in [-0.25, -0.2) is 4.68 Å². The molecule has 1 aromatic carbocycles. The summed E-state index contributed by atoms with van der Waals surface area (Å²) in [6, 6.07) is 6.45. The minimum absolute atomic E-state index is 0.0719. The minimum atomic E-state index is -0.401. The van der Waals surface area contributed by atoms with Crippen molar-refractivity contribution in [1.29, 1.82) is 0 Å². The van der Waals surface area contributed by atoms with E-state index in [9.17, 15) is 14.9 Å². The molecular formula is C19H21N5O3S. The summed E-state index contributed by atoms with van der Waals surface area (Å²) in [5.74, 6) is 1.14. The number of non-ortho nitro benzene ring substituents is 1. The first-order valence-corrected chi connectivity index (χ1v) is 10.1. The molecule has 0 unspecified atom stereocenters. The second-order valence-electron chi connectivity index (χ2n) is 7.95. The zero-order valence-corrected chi connectivity index (χ0v) is 16.7. The topological polar surface area (TPSA) is 103 Å². The highest BCUT2D eigenvalue weighted by Crippen LogP contribution is 2.43. The third-order valence-electron chi connectivity index (χ3n) is 5.08. The van der Waals surface area contributed by atoms with E-state index < -0.39 is 4.92 Å². The Morgan fingerprint density at radius 1 is 1.43 bits per heavy atom. The largest absolute Gasteiger partial charge is 0.328 e. The highest BCUT2D eigenvalue weighted by atomic mass is 32.2. The molecule has 1 aromatic heterocycles. The SMILES string of the molecule is C[C@@H]1[C@H]2C(=O)CC(C)(C)C=C2Nc2nc(SCc3cccc([N+](=O)[O-])c3)nn21. The fourth-order valence-electron chi connectivity index (χ4n) is 3.85. The summed E-state index contributed by atoms with van der Waals surface area (Å²) >= 11 is 1.41. The summed E-state index contributed by atoms with van der Waals surface area (Å²) in [5.41, 5.74) is 1.64. The first kappa shape index (κ1) is 18.7. The Labute approximate surface area is 166 Å². The number of Topliss-reactive ketones (excluding diaryl/α,β-unsaturated/α-hetero) is 1. The van der Waals surface area contributed by atoms with Crippen molar-refractivity contribution >= 4 is 29.2 Å². The van der Waals surface area contributed by atoms with E-state index in [0.717, 1.165) is 11.3 Å². The van der Waals surface area contributed by atoms with Crippen LogP contribution in [0.1, 0.15) is 38.8 Å². The fourth-order valence-corrected chi connectivity index (χ4v) is 4.62. The summed E-state index contributed by atoms with van der Waals surface area (Å²) in [5, 5.41) is 19.3. The van der Waals surface area contributed by atoms with E-state index >= 15 is 0 Å². The Morgan fingerprint density at radius 3 is 2.96 bits per heavy atom. The van der Waals surface area contributed by atoms with Crippen LogP contribution >= 0.6 is 11.8 Å². The molecule has 0 amide bonds. The molecule has 1 N–H and O–H groups in total. The number of rotatable bonds is 4. The number of hydrogen-bond acceptors (Lipinski definition) is 7. The van der Waals surface area contributed by atoms with Gasteiger partial charge in [-0.15, -0.1) is 5.10 Å². The molecule has 4 rings (SSSR count). The molecule has 0 saturated heterocycles. The Kier molecular flexibility index (Phi) is 4.49. The van der Waals surface area contributed by atoms with Gasteiger partial charge in [0, 0.05) is 30.0 Å². The molecule has 0 bridgehead atoms. The molecule has 0 spiro atoms. The van der Waals surface area contributed by atoms with Gasteiger partial charge in [0.1, 0.15) is 5.78 Å². The van der Waals surface area contributed by atoms with Crippen molar-refractivity contribution in [1.82, 2.24) is 14.8 Å². The molecule has 28 heavy (non-hydrogen) atoms. The van der Waals surface area contributed by atoms with Crippen molar-refractivity contribution in [3.63, 3.8) is 0 Å². The molecule has 9 heteroatoms. The van der Waals surface area contributed by atoms with Gasteiger partial charge >= 0.3 is 0 Å². The number of nitro benzene ring substituents is 1. The number of aromatic nitrogens is 3. The van der Waals surface area contributed by atoms with Gasteiger partial charge in [-0.05, 0) is 17.9 Å². The monoisotopic (exact) mass is 399 g/mol. The van der Waals surface area contributed by atoms with Gasteiger partial charge in [0.25, 0.3) is 5.69 Å². The molecule has 0 saturated carbocycles. The number of hydrogen-bond donors (Lipinski definition) is 1. The summed E-state index contributed by atoms with van der Waals surface area (Å²) in [4.78, 5) is 27.7. The van der Waals surface area contributed by atoms with Crippen molar-refractivity contribution in [2.75, 3.05) is 5.32 Å². The second kappa shape index (κ2) is 6.73. The number of thioether (sulfide) groups is 1. The molecule has 2 aromatic rings. The number of nitrogens with one attached hydrogen (secondary N) is 1. The van der Waals surface area contributed by atoms with E-state index in [4.69, 9.17) is 0 Å². The number of carbonyl (C=O) groups excluding carboxylic acids is 1. The van der Waals surface area contributed by atoms with Crippen LogP contribution in [-0.2, 0) is 10.5 Å². The molecule has 0 radical (unpaired) electrons. The number of ketones is 1. The van der Waals surface area contributed by atoms with E-state index in [-0.39, 0.29) is 28.8 Å². The molecule has 2 atom stereocenters. The Bertz CT molecular complexity index is 997. The van der Waals surface area contributed by atoms with Gasteiger partial charge in [0.2, 0.25) is 11.1 Å². The molecule has 146 valence electrons. The zero-order chi connectivity index (χ0) is 20.1. The van der Waals surface area contributed by atoms with Crippen LogP contribution in [0.5, 0.6) is 0 Å². The van der Waals surface area contributed by atoms with Crippen LogP contribution in [0.15, 0.2) is 41.2 Å². The van der Waals surface area contributed by atoms with Crippen molar-refractivity contribution in [2.24, 2.45) is 11.3 Å². The third kappa shape index (κ3) is 3.42. The van der Waals surface area contributed by atoms with Crippen LogP contribution in [0.25, 0.3) is 0 Å². The van der Waals surface area contributed by atoms with Crippen LogP contribution in [-0.4, -0.2) is 25.5 Å². The number of benzene rings is 1. The van der Waals surface area contributed by atoms with E-state index in [1.54, 1.807) is 16.8 Å². The molecule has 2 heterocycles. The molecule has 0 fully saturated rings. The summed E-state index contributed by atoms with van der Waals surface area (Å²) in [6.07, 6.45) is 2.65. The van der Waals surface area contributed by atoms with Crippen LogP contribution in [0, 0.1) is 21.4 Å². The Morgan fingerprint density at radius 2 is 2.21 bits per heavy atom. The normalized spacial score (nSPS) is 22.7. The smallest absolute Gasteiger partial charge is 0.269 e. The predicted octanol–water partition coefficient (Wildman–Crippen LogP) is 3.96. The Hall–Kier alpha value is -2.68. The first-order valence-electron chi connectivity index (χ1n) is 9.09. The van der Waals surface area contributed by atoms with Crippen LogP contribution in [0.2, 0.25) is 0 Å². The maximum atomic E-state index is 12.7. The van der Waals surface area contributed by atoms with Crippen molar-refractivity contribution < 1.29 is 9.72 Å². The summed E-state index contributed by atoms with van der Waals surface area (Å²) < 4.78 is 1.77. The fraction of sp³-hybridized carbons (Fsp3) is 0.421. The lowest BCUT2D eigenvalue weighted by atomic mass is 9.73. The Balaban J connectivity index is 1.55. The second-order valence-corrected chi connectivity index (χ2v) is 8.90. The first-order chi connectivity index (χ1) is 13.2. The highest BCUT2D eigenvalue weighted by Gasteiger charge is 2.42. The van der Waals surface area contributed by atoms with Gasteiger partial charge < -0.3 is 5.32 Å². The number of nitrogens with zero attached hydrogens (tertiary/aromatic N) is 4. The van der Waals surface area contributed by atoms with E-state index in [2.05, 4.69) is 35.3 Å². The van der Waals surface area contributed by atoms with Crippen molar-refractivity contribution in [3.05, 3.63) is 51.7 Å². The van der Waals surface area contributed by atoms with Gasteiger partial charge in [0.15, 0.2) is 0 Å². The molecule has 2 aliphatic rings. The zero-order valence-electron chi connectivity index (χ0n) is 15.9. The number of nitro groups is 1. The van der Waals surface area contributed by atoms with E-state index in [1.807, 2.05) is 13.0 Å². The number of allylic oxidation sites excluding steroid dienone is 2. The third-order valence-corrected chi connectivity index (χ3v) is 5.99. The summed E-state index contributed by atoms with van der Waals surface area (Å²) in [7, 11) is 0. The molecule has 1 aliphatic heterocycles. The average molecular weight is 399 g/mol. The number of anilines is 1. The van der Waals surface area contributed by atoms with Gasteiger partial charge in [-0.1, -0.05) is 43.8 Å². The van der Waals surface area contributed by atoms with Gasteiger partial charge in [-0.3, -0.25) is 14.9 Å². The predicted molar refractivity (Wildman–Crippen MR) is 106 cm³/mol. The van der Waals surface area contributed by atoms with Gasteiger partial charge in [-0.2, -0.15) is 4.98 Å². The highest BCUT2D eigenvalue weighted by molar-refractivity contribution is 7.98. The van der Waals surface area contributed by atoms with E-state index in [0.29, 0.717) is 23.3 Å². The van der Waals surface area contributed by atoms with Gasteiger partial charge in [0.05, 0.1) is 16.9 Å². The van der Waals surface area contributed by atoms with Crippen molar-refractivity contribution in [3.8, 4) is 0 Å². The maximum absolute atomic E-state index is 12.7. The van der Waals surface area contributed by atoms with Crippen LogP contribution in [0.3, 0.4) is 0 Å². The van der Waals surface area contributed by atoms with Crippen LogP contribution < -0.4 is 5.32 Å². The van der Waals surface area contributed by atoms with Crippen molar-refractivity contribution in [2.45, 2.75) is 44.1 Å². The number of fused-ring (bicyclic) bond motifs is 2. The maximum Gasteiger partial charge on any atom is 0.269 e. The van der Waals surface area contributed by atoms with E-state index in [1.165, 1.54) is 17.8 Å². The molecule has 8 nitrogen and oxygen atoms in total. The molecule has 1 aliphatic carbocycles. The lowest BCUT2D eigenvalue weighted by molar-refractivity contribution is -0.384. The molecular weight excluding hydrogens is 378 g/mol. The quantitative estimate of drug-likeness (QED) is 0.471.